The summed E-state index contributed by atoms with van der Waals surface area (Å²) in [5.74, 6) is 0.507. The Balaban J connectivity index is 1.26. The molecule has 39 heavy (non-hydrogen) atoms. The lowest BCUT2D eigenvalue weighted by molar-refractivity contribution is -0.137. The zero-order chi connectivity index (χ0) is 27.3. The fourth-order valence-electron chi connectivity index (χ4n) is 4.13. The Morgan fingerprint density at radius 3 is 2.28 bits per heavy atom. The quantitative estimate of drug-likeness (QED) is 0.0778. The maximum atomic E-state index is 11.0. The number of anilines is 1. The van der Waals surface area contributed by atoms with Crippen LogP contribution in [0.5, 0.6) is 5.75 Å². The van der Waals surface area contributed by atoms with Crippen molar-refractivity contribution in [1.82, 2.24) is 0 Å². The number of nitrogens with zero attached hydrogens (tertiary/aromatic N) is 2. The number of unbranched alkanes of at least 4 members (excludes halogenated alkanes) is 3. The number of benzene rings is 4. The SMILES string of the molecule is C=CC(=O)OCCCCCCOc1ccc(CNc2ccc(/N=N/c3ccc(C)cc3)c3ccccc23)cc1. The Bertz CT molecular complexity index is 1400. The molecule has 4 rings (SSSR count). The molecule has 0 heterocycles. The number of hydrogen-bond acceptors (Lipinski definition) is 6. The number of fused-ring (bicyclic) bond motifs is 1. The van der Waals surface area contributed by atoms with Crippen LogP contribution in [-0.4, -0.2) is 19.2 Å². The van der Waals surface area contributed by atoms with E-state index in [1.54, 1.807) is 0 Å². The number of rotatable bonds is 14. The van der Waals surface area contributed by atoms with Gasteiger partial charge in [0.15, 0.2) is 0 Å². The zero-order valence-electron chi connectivity index (χ0n) is 22.4. The Kier molecular flexibility index (Phi) is 10.2. The van der Waals surface area contributed by atoms with Crippen LogP contribution in [0.15, 0.2) is 108 Å². The Morgan fingerprint density at radius 2 is 1.54 bits per heavy atom. The van der Waals surface area contributed by atoms with E-state index in [1.807, 2.05) is 54.6 Å². The summed E-state index contributed by atoms with van der Waals surface area (Å²) in [6.07, 6.45) is 5.05. The van der Waals surface area contributed by atoms with Crippen LogP contribution in [0.25, 0.3) is 10.8 Å². The molecule has 4 aromatic carbocycles. The molecule has 0 unspecified atom stereocenters. The lowest BCUT2D eigenvalue weighted by Gasteiger charge is -2.12. The monoisotopic (exact) mass is 521 g/mol. The first kappa shape index (κ1) is 27.6. The van der Waals surface area contributed by atoms with Gasteiger partial charge in [0.1, 0.15) is 5.75 Å². The summed E-state index contributed by atoms with van der Waals surface area (Å²) in [6.45, 7) is 7.26. The van der Waals surface area contributed by atoms with Gasteiger partial charge in [0, 0.05) is 29.1 Å². The van der Waals surface area contributed by atoms with Gasteiger partial charge in [0.25, 0.3) is 0 Å². The number of aryl methyl sites for hydroxylation is 1. The van der Waals surface area contributed by atoms with Crippen molar-refractivity contribution < 1.29 is 14.3 Å². The average molecular weight is 522 g/mol. The van der Waals surface area contributed by atoms with Crippen LogP contribution in [0.3, 0.4) is 0 Å². The lowest BCUT2D eigenvalue weighted by atomic mass is 10.1. The molecule has 0 radical (unpaired) electrons. The summed E-state index contributed by atoms with van der Waals surface area (Å²) in [5.41, 5.74) is 5.10. The highest BCUT2D eigenvalue weighted by Crippen LogP contribution is 2.33. The van der Waals surface area contributed by atoms with Gasteiger partial charge in [-0.1, -0.05) is 60.7 Å². The molecular formula is C33H35N3O3. The van der Waals surface area contributed by atoms with Crippen molar-refractivity contribution in [3.05, 3.63) is 109 Å². The maximum Gasteiger partial charge on any atom is 0.330 e. The van der Waals surface area contributed by atoms with Crippen molar-refractivity contribution in [2.75, 3.05) is 18.5 Å². The Hall–Kier alpha value is -4.45. The second-order valence-electron chi connectivity index (χ2n) is 9.35. The van der Waals surface area contributed by atoms with E-state index in [0.29, 0.717) is 19.8 Å². The molecule has 0 atom stereocenters. The van der Waals surface area contributed by atoms with E-state index in [-0.39, 0.29) is 5.97 Å². The van der Waals surface area contributed by atoms with E-state index < -0.39 is 0 Å². The van der Waals surface area contributed by atoms with Gasteiger partial charge in [-0.15, -0.1) is 5.11 Å². The van der Waals surface area contributed by atoms with Gasteiger partial charge in [0.05, 0.1) is 24.6 Å². The molecule has 0 bridgehead atoms. The summed E-state index contributed by atoms with van der Waals surface area (Å²) >= 11 is 0. The van der Waals surface area contributed by atoms with Crippen LogP contribution in [-0.2, 0) is 16.1 Å². The molecule has 0 saturated heterocycles. The molecule has 0 fully saturated rings. The summed E-state index contributed by atoms with van der Waals surface area (Å²) in [7, 11) is 0. The summed E-state index contributed by atoms with van der Waals surface area (Å²) in [4.78, 5) is 11.0. The number of carbonyl (C=O) groups is 1. The van der Waals surface area contributed by atoms with E-state index in [4.69, 9.17) is 9.47 Å². The van der Waals surface area contributed by atoms with Crippen LogP contribution in [0.1, 0.15) is 36.8 Å². The van der Waals surface area contributed by atoms with Crippen molar-refractivity contribution in [1.29, 1.82) is 0 Å². The van der Waals surface area contributed by atoms with Crippen molar-refractivity contribution in [3.8, 4) is 5.75 Å². The van der Waals surface area contributed by atoms with Gasteiger partial charge >= 0.3 is 5.97 Å². The molecule has 6 heteroatoms. The minimum atomic E-state index is -0.361. The van der Waals surface area contributed by atoms with Crippen molar-refractivity contribution in [2.45, 2.75) is 39.2 Å². The fourth-order valence-corrected chi connectivity index (χ4v) is 4.13. The number of azo groups is 1. The standard InChI is InChI=1S/C33H35N3O3/c1-3-33(37)39-23-9-5-4-8-22-38-28-18-14-26(15-19-28)24-34-31-20-21-32(30-11-7-6-10-29(30)31)36-35-27-16-12-25(2)13-17-27/h3,6-7,10-21,34H,1,4-5,8-9,22-24H2,2H3/b36-35+. The molecule has 0 saturated carbocycles. The minimum Gasteiger partial charge on any atom is -0.494 e. The van der Waals surface area contributed by atoms with Crippen LogP contribution in [0, 0.1) is 6.92 Å². The normalized spacial score (nSPS) is 11.0. The van der Waals surface area contributed by atoms with Crippen molar-refractivity contribution in [3.63, 3.8) is 0 Å². The first-order chi connectivity index (χ1) is 19.1. The predicted octanol–water partition coefficient (Wildman–Crippen LogP) is 8.84. The number of nitrogens with one attached hydrogen (secondary N) is 1. The highest BCUT2D eigenvalue weighted by atomic mass is 16.5. The number of carbonyl (C=O) groups excluding carboxylic acids is 1. The molecule has 0 amide bonds. The third-order valence-electron chi connectivity index (χ3n) is 6.33. The minimum absolute atomic E-state index is 0.361. The molecule has 200 valence electrons. The van der Waals surface area contributed by atoms with Crippen LogP contribution in [0.2, 0.25) is 0 Å². The molecule has 6 nitrogen and oxygen atoms in total. The second-order valence-corrected chi connectivity index (χ2v) is 9.35. The van der Waals surface area contributed by atoms with Crippen molar-refractivity contribution >= 4 is 33.8 Å². The van der Waals surface area contributed by atoms with Crippen LogP contribution >= 0.6 is 0 Å². The summed E-state index contributed by atoms with van der Waals surface area (Å²) in [5, 5.41) is 14.7. The second kappa shape index (κ2) is 14.5. The van der Waals surface area contributed by atoms with Crippen LogP contribution < -0.4 is 10.1 Å². The zero-order valence-corrected chi connectivity index (χ0v) is 22.4. The number of ether oxygens (including phenoxy) is 2. The summed E-state index contributed by atoms with van der Waals surface area (Å²) < 4.78 is 10.9. The topological polar surface area (TPSA) is 72.3 Å². The van der Waals surface area contributed by atoms with Gasteiger partial charge in [-0.2, -0.15) is 5.11 Å². The predicted molar refractivity (Wildman–Crippen MR) is 158 cm³/mol. The van der Waals surface area contributed by atoms with Gasteiger partial charge in [-0.25, -0.2) is 4.79 Å². The first-order valence-corrected chi connectivity index (χ1v) is 13.4. The largest absolute Gasteiger partial charge is 0.494 e. The molecule has 0 aliphatic rings. The van der Waals surface area contributed by atoms with E-state index >= 15 is 0 Å². The van der Waals surface area contributed by atoms with E-state index in [0.717, 1.165) is 59.3 Å². The summed E-state index contributed by atoms with van der Waals surface area (Å²) in [6, 6.07) is 28.5. The molecule has 0 aromatic heterocycles. The van der Waals surface area contributed by atoms with Crippen LogP contribution in [0.4, 0.5) is 17.1 Å². The van der Waals surface area contributed by atoms with Gasteiger partial charge in [-0.3, -0.25) is 0 Å². The number of esters is 1. The van der Waals surface area contributed by atoms with E-state index in [9.17, 15) is 4.79 Å². The first-order valence-electron chi connectivity index (χ1n) is 13.4. The van der Waals surface area contributed by atoms with Crippen molar-refractivity contribution in [2.24, 2.45) is 10.2 Å². The number of hydrogen-bond donors (Lipinski definition) is 1. The average Bonchev–Trinajstić information content (AvgIpc) is 2.97. The third-order valence-corrected chi connectivity index (χ3v) is 6.33. The molecule has 0 aliphatic carbocycles. The molecule has 0 aliphatic heterocycles. The maximum absolute atomic E-state index is 11.0. The molecule has 4 aromatic rings. The highest BCUT2D eigenvalue weighted by Gasteiger charge is 2.06. The Morgan fingerprint density at radius 1 is 0.821 bits per heavy atom. The van der Waals surface area contributed by atoms with Gasteiger partial charge in [0.2, 0.25) is 0 Å². The van der Waals surface area contributed by atoms with E-state index in [1.165, 1.54) is 17.2 Å². The van der Waals surface area contributed by atoms with E-state index in [2.05, 4.69) is 59.4 Å². The third kappa shape index (κ3) is 8.54. The molecular weight excluding hydrogens is 486 g/mol. The lowest BCUT2D eigenvalue weighted by Crippen LogP contribution is -2.02. The smallest absolute Gasteiger partial charge is 0.330 e. The van der Waals surface area contributed by atoms with Gasteiger partial charge < -0.3 is 14.8 Å². The Labute approximate surface area is 230 Å². The molecule has 0 spiro atoms. The molecule has 1 N–H and O–H groups in total. The highest BCUT2D eigenvalue weighted by molar-refractivity contribution is 6.00. The van der Waals surface area contributed by atoms with Gasteiger partial charge in [-0.05, 0) is 74.6 Å². The fraction of sp³-hybridized carbons (Fsp3) is 0.242.